The second kappa shape index (κ2) is 13.2. The molecule has 2 amide bonds. The lowest BCUT2D eigenvalue weighted by molar-refractivity contribution is -0.119. The second-order valence-electron chi connectivity index (χ2n) is 8.34. The van der Waals surface area contributed by atoms with E-state index in [4.69, 9.17) is 25.8 Å². The maximum absolute atomic E-state index is 13.9. The van der Waals surface area contributed by atoms with Crippen molar-refractivity contribution in [3.05, 3.63) is 71.2 Å². The zero-order valence-electron chi connectivity index (χ0n) is 22.5. The average molecular weight is 589 g/mol. The van der Waals surface area contributed by atoms with Gasteiger partial charge in [-0.15, -0.1) is 0 Å². The van der Waals surface area contributed by atoms with Crippen LogP contribution in [0.25, 0.3) is 0 Å². The van der Waals surface area contributed by atoms with Crippen LogP contribution in [0.15, 0.2) is 70.7 Å². The van der Waals surface area contributed by atoms with Crippen LogP contribution < -0.4 is 29.3 Å². The van der Waals surface area contributed by atoms with Gasteiger partial charge in [0.2, 0.25) is 5.91 Å². The van der Waals surface area contributed by atoms with Gasteiger partial charge in [0.15, 0.2) is 11.5 Å². The minimum Gasteiger partial charge on any atom is -0.495 e. The fourth-order valence-corrected chi connectivity index (χ4v) is 5.24. The number of nitrogens with zero attached hydrogens (tertiary/aromatic N) is 2. The Balaban J connectivity index is 1.94. The van der Waals surface area contributed by atoms with Gasteiger partial charge in [-0.05, 0) is 55.0 Å². The molecule has 40 heavy (non-hydrogen) atoms. The van der Waals surface area contributed by atoms with Crippen molar-refractivity contribution in [3.63, 3.8) is 0 Å². The molecule has 212 valence electrons. The molecule has 2 N–H and O–H groups in total. The van der Waals surface area contributed by atoms with Crippen molar-refractivity contribution in [2.75, 3.05) is 37.5 Å². The summed E-state index contributed by atoms with van der Waals surface area (Å²) in [7, 11) is -0.160. The van der Waals surface area contributed by atoms with Crippen molar-refractivity contribution < 1.29 is 32.2 Å². The van der Waals surface area contributed by atoms with Gasteiger partial charge >= 0.3 is 0 Å². The van der Waals surface area contributed by atoms with Crippen LogP contribution in [-0.4, -0.2) is 53.8 Å². The van der Waals surface area contributed by atoms with Crippen LogP contribution in [0.5, 0.6) is 17.2 Å². The molecular formula is C27H29ClN4O7S. The minimum absolute atomic E-state index is 0.0502. The number of benzene rings is 3. The van der Waals surface area contributed by atoms with Crippen molar-refractivity contribution in [1.82, 2.24) is 5.43 Å². The predicted octanol–water partition coefficient (Wildman–Crippen LogP) is 4.06. The van der Waals surface area contributed by atoms with Crippen molar-refractivity contribution in [3.8, 4) is 17.2 Å². The molecule has 0 aliphatic carbocycles. The standard InChI is InChI=1S/C27H29ClN4O7S/c1-17(19-6-9-21(10-7-19)29-18(2)33)30-31-27(34)16-32(23-14-20(28)8-12-24(23)37-3)40(35,36)22-11-13-25(38-4)26(15-22)39-5/h6-15H,16H2,1-5H3,(H,29,33)(H,31,34)/b30-17-. The molecule has 0 aliphatic heterocycles. The lowest BCUT2D eigenvalue weighted by Crippen LogP contribution is -2.40. The molecule has 0 saturated carbocycles. The largest absolute Gasteiger partial charge is 0.495 e. The molecule has 0 saturated heterocycles. The van der Waals surface area contributed by atoms with Crippen LogP contribution in [0.4, 0.5) is 11.4 Å². The summed E-state index contributed by atoms with van der Waals surface area (Å²) in [5, 5.41) is 7.01. The highest BCUT2D eigenvalue weighted by Crippen LogP contribution is 2.37. The van der Waals surface area contributed by atoms with E-state index in [1.165, 1.54) is 64.7 Å². The van der Waals surface area contributed by atoms with Crippen molar-refractivity contribution in [1.29, 1.82) is 0 Å². The highest BCUT2D eigenvalue weighted by atomic mass is 35.5. The van der Waals surface area contributed by atoms with E-state index in [-0.39, 0.29) is 33.0 Å². The van der Waals surface area contributed by atoms with E-state index >= 15 is 0 Å². The highest BCUT2D eigenvalue weighted by molar-refractivity contribution is 7.92. The van der Waals surface area contributed by atoms with Crippen LogP contribution in [-0.2, 0) is 19.6 Å². The van der Waals surface area contributed by atoms with E-state index in [0.29, 0.717) is 22.7 Å². The maximum Gasteiger partial charge on any atom is 0.265 e. The fraction of sp³-hybridized carbons (Fsp3) is 0.222. The summed E-state index contributed by atoms with van der Waals surface area (Å²) in [6, 6.07) is 15.3. The normalized spacial score (nSPS) is 11.4. The molecule has 3 aromatic carbocycles. The molecule has 0 aliphatic rings. The summed E-state index contributed by atoms with van der Waals surface area (Å²) in [6.45, 7) is 2.43. The lowest BCUT2D eigenvalue weighted by atomic mass is 10.1. The maximum atomic E-state index is 13.9. The number of methoxy groups -OCH3 is 3. The quantitative estimate of drug-likeness (QED) is 0.255. The Kier molecular flexibility index (Phi) is 9.97. The Labute approximate surface area is 237 Å². The summed E-state index contributed by atoms with van der Waals surface area (Å²) < 4.78 is 44.5. The summed E-state index contributed by atoms with van der Waals surface area (Å²) in [6.07, 6.45) is 0. The van der Waals surface area contributed by atoms with Crippen LogP contribution in [0.1, 0.15) is 19.4 Å². The van der Waals surface area contributed by atoms with Gasteiger partial charge in [0.25, 0.3) is 15.9 Å². The molecule has 0 spiro atoms. The second-order valence-corrected chi connectivity index (χ2v) is 10.6. The van der Waals surface area contributed by atoms with Gasteiger partial charge in [0.05, 0.1) is 37.6 Å². The zero-order chi connectivity index (χ0) is 29.4. The molecule has 0 aromatic heterocycles. The molecule has 11 nitrogen and oxygen atoms in total. The van der Waals surface area contributed by atoms with Crippen LogP contribution in [0.2, 0.25) is 5.02 Å². The average Bonchev–Trinajstić information content (AvgIpc) is 2.94. The van der Waals surface area contributed by atoms with E-state index in [0.717, 1.165) is 4.31 Å². The number of carbonyl (C=O) groups is 2. The number of hydrazone groups is 1. The highest BCUT2D eigenvalue weighted by Gasteiger charge is 2.30. The van der Waals surface area contributed by atoms with Gasteiger partial charge in [0.1, 0.15) is 12.3 Å². The predicted molar refractivity (Wildman–Crippen MR) is 153 cm³/mol. The van der Waals surface area contributed by atoms with Crippen LogP contribution in [0, 0.1) is 0 Å². The van der Waals surface area contributed by atoms with Gasteiger partial charge in [-0.25, -0.2) is 13.8 Å². The first-order valence-electron chi connectivity index (χ1n) is 11.8. The molecule has 0 unspecified atom stereocenters. The van der Waals surface area contributed by atoms with Crippen LogP contribution >= 0.6 is 11.6 Å². The van der Waals surface area contributed by atoms with Crippen molar-refractivity contribution in [2.24, 2.45) is 5.10 Å². The van der Waals surface area contributed by atoms with E-state index in [9.17, 15) is 18.0 Å². The number of hydrogen-bond acceptors (Lipinski definition) is 8. The number of sulfonamides is 1. The molecule has 0 radical (unpaired) electrons. The third kappa shape index (κ3) is 7.21. The van der Waals surface area contributed by atoms with Gasteiger partial charge in [0, 0.05) is 23.7 Å². The summed E-state index contributed by atoms with van der Waals surface area (Å²) in [5.74, 6) is -0.216. The van der Waals surface area contributed by atoms with Gasteiger partial charge in [-0.1, -0.05) is 23.7 Å². The molecule has 0 bridgehead atoms. The van der Waals surface area contributed by atoms with Crippen molar-refractivity contribution >= 4 is 50.5 Å². The minimum atomic E-state index is -4.35. The van der Waals surface area contributed by atoms with E-state index in [2.05, 4.69) is 15.8 Å². The Morgan fingerprint density at radius 2 is 1.50 bits per heavy atom. The van der Waals surface area contributed by atoms with Gasteiger partial charge in [-0.2, -0.15) is 5.10 Å². The topological polar surface area (TPSA) is 136 Å². The number of anilines is 2. The molecule has 3 rings (SSSR count). The zero-order valence-corrected chi connectivity index (χ0v) is 24.1. The number of halogens is 1. The molecule has 13 heteroatoms. The summed E-state index contributed by atoms with van der Waals surface area (Å²) >= 11 is 6.19. The SMILES string of the molecule is COc1ccc(S(=O)(=O)N(CC(=O)N/N=C(/C)c2ccc(NC(C)=O)cc2)c2cc(Cl)ccc2OC)cc1OC. The lowest BCUT2D eigenvalue weighted by Gasteiger charge is -2.26. The Hall–Kier alpha value is -4.29. The first-order valence-corrected chi connectivity index (χ1v) is 13.6. The monoisotopic (exact) mass is 588 g/mol. The van der Waals surface area contributed by atoms with Crippen molar-refractivity contribution in [2.45, 2.75) is 18.7 Å². The summed E-state index contributed by atoms with van der Waals surface area (Å²) in [5.41, 5.74) is 4.20. The number of hydrogen-bond donors (Lipinski definition) is 2. The van der Waals surface area contributed by atoms with E-state index in [1.807, 2.05) is 0 Å². The molecule has 0 heterocycles. The molecule has 0 fully saturated rings. The molecule has 3 aromatic rings. The summed E-state index contributed by atoms with van der Waals surface area (Å²) in [4.78, 5) is 24.1. The first-order chi connectivity index (χ1) is 19.0. The number of amides is 2. The molecule has 0 atom stereocenters. The Morgan fingerprint density at radius 1 is 0.875 bits per heavy atom. The number of nitrogens with one attached hydrogen (secondary N) is 2. The number of carbonyl (C=O) groups excluding carboxylic acids is 2. The van der Waals surface area contributed by atoms with E-state index < -0.39 is 22.5 Å². The Morgan fingerprint density at radius 3 is 2.10 bits per heavy atom. The number of rotatable bonds is 11. The smallest absolute Gasteiger partial charge is 0.265 e. The van der Waals surface area contributed by atoms with Gasteiger partial charge in [-0.3, -0.25) is 13.9 Å². The van der Waals surface area contributed by atoms with Gasteiger partial charge < -0.3 is 19.5 Å². The Bertz CT molecular complexity index is 1530. The third-order valence-electron chi connectivity index (χ3n) is 5.61. The number of ether oxygens (including phenoxy) is 3. The van der Waals surface area contributed by atoms with E-state index in [1.54, 1.807) is 31.2 Å². The third-order valence-corrected chi connectivity index (χ3v) is 7.60. The fourth-order valence-electron chi connectivity index (χ4n) is 3.64. The van der Waals surface area contributed by atoms with Crippen LogP contribution in [0.3, 0.4) is 0 Å². The molecular weight excluding hydrogens is 560 g/mol. The first kappa shape index (κ1) is 30.3.